The van der Waals surface area contributed by atoms with E-state index in [-0.39, 0.29) is 0 Å². The van der Waals surface area contributed by atoms with E-state index in [2.05, 4.69) is 93.4 Å². The fourth-order valence-corrected chi connectivity index (χ4v) is 7.25. The molecule has 33 heavy (non-hydrogen) atoms. The van der Waals surface area contributed by atoms with Gasteiger partial charge in [0.05, 0.1) is 21.3 Å². The van der Waals surface area contributed by atoms with E-state index in [1.165, 1.54) is 57.8 Å². The maximum atomic E-state index is 4.59. The van der Waals surface area contributed by atoms with Gasteiger partial charge >= 0.3 is 0 Å². The highest BCUT2D eigenvalue weighted by Gasteiger charge is 2.16. The van der Waals surface area contributed by atoms with Crippen molar-refractivity contribution in [2.75, 3.05) is 0 Å². The van der Waals surface area contributed by atoms with Gasteiger partial charge in [-0.25, -0.2) is 9.97 Å². The summed E-state index contributed by atoms with van der Waals surface area (Å²) in [5.41, 5.74) is 4.65. The lowest BCUT2D eigenvalue weighted by Gasteiger charge is -2.08. The summed E-state index contributed by atoms with van der Waals surface area (Å²) >= 11 is 3.62. The molecule has 0 aliphatic heterocycles. The van der Waals surface area contributed by atoms with Crippen molar-refractivity contribution in [2.45, 2.75) is 0 Å². The average molecular weight is 458 g/mol. The van der Waals surface area contributed by atoms with Gasteiger partial charge in [-0.2, -0.15) is 0 Å². The lowest BCUT2D eigenvalue weighted by Crippen LogP contribution is -1.93. The van der Waals surface area contributed by atoms with E-state index >= 15 is 0 Å². The Labute approximate surface area is 196 Å². The van der Waals surface area contributed by atoms with Crippen molar-refractivity contribution in [2.24, 2.45) is 0 Å². The Kier molecular flexibility index (Phi) is 3.42. The van der Waals surface area contributed by atoms with Crippen LogP contribution in [0.3, 0.4) is 0 Å². The van der Waals surface area contributed by atoms with E-state index in [1.54, 1.807) is 17.7 Å². The first-order valence-electron chi connectivity index (χ1n) is 10.8. The van der Waals surface area contributed by atoms with Gasteiger partial charge in [-0.05, 0) is 42.5 Å². The molecule has 154 valence electrons. The fourth-order valence-electron chi connectivity index (χ4n) is 5.11. The fraction of sp³-hybridized carbons (Fsp3) is 0. The maximum Gasteiger partial charge on any atom is 0.116 e. The predicted molar refractivity (Wildman–Crippen MR) is 142 cm³/mol. The Morgan fingerprint density at radius 2 is 1.39 bits per heavy atom. The third kappa shape index (κ3) is 2.38. The number of para-hydroxylation sites is 1. The SMILES string of the molecule is c1ccc2c(c1)sc1ccc(-n3c4ccccc4c4cc5sc6cncnc6c5cc43)cc12. The van der Waals surface area contributed by atoms with Crippen LogP contribution in [0.25, 0.3) is 68.0 Å². The van der Waals surface area contributed by atoms with Crippen molar-refractivity contribution in [3.8, 4) is 5.69 Å². The van der Waals surface area contributed by atoms with E-state index in [0.717, 1.165) is 10.2 Å². The minimum Gasteiger partial charge on any atom is -0.309 e. The Hall–Kier alpha value is -3.80. The number of rotatable bonds is 1. The maximum absolute atomic E-state index is 4.59. The van der Waals surface area contributed by atoms with Gasteiger partial charge in [0, 0.05) is 52.9 Å². The number of hydrogen-bond acceptors (Lipinski definition) is 4. The van der Waals surface area contributed by atoms with Crippen molar-refractivity contribution >= 4 is 85.0 Å². The molecule has 0 fully saturated rings. The molecule has 5 heteroatoms. The second kappa shape index (κ2) is 6.38. The first-order valence-corrected chi connectivity index (χ1v) is 12.5. The third-order valence-electron chi connectivity index (χ3n) is 6.55. The van der Waals surface area contributed by atoms with Crippen molar-refractivity contribution in [1.82, 2.24) is 14.5 Å². The molecule has 0 radical (unpaired) electrons. The van der Waals surface area contributed by atoms with Crippen LogP contribution in [-0.2, 0) is 0 Å². The van der Waals surface area contributed by atoms with Gasteiger partial charge in [-0.3, -0.25) is 0 Å². The van der Waals surface area contributed by atoms with Crippen LogP contribution in [0.5, 0.6) is 0 Å². The average Bonchev–Trinajstić information content (AvgIpc) is 3.51. The second-order valence-electron chi connectivity index (χ2n) is 8.33. The summed E-state index contributed by atoms with van der Waals surface area (Å²) in [5.74, 6) is 0. The third-order valence-corrected chi connectivity index (χ3v) is 8.77. The van der Waals surface area contributed by atoms with Crippen LogP contribution >= 0.6 is 22.7 Å². The molecule has 0 unspecified atom stereocenters. The van der Waals surface area contributed by atoms with E-state index in [1.807, 2.05) is 17.5 Å². The lowest BCUT2D eigenvalue weighted by molar-refractivity contribution is 1.19. The van der Waals surface area contributed by atoms with Crippen LogP contribution in [0.1, 0.15) is 0 Å². The first kappa shape index (κ1) is 17.7. The van der Waals surface area contributed by atoms with E-state index in [4.69, 9.17) is 0 Å². The molecule has 0 saturated heterocycles. The number of aromatic nitrogens is 3. The highest BCUT2D eigenvalue weighted by atomic mass is 32.1. The zero-order valence-electron chi connectivity index (χ0n) is 17.3. The molecule has 0 atom stereocenters. The van der Waals surface area contributed by atoms with Gasteiger partial charge in [0.15, 0.2) is 0 Å². The Balaban J connectivity index is 1.53. The quantitative estimate of drug-likeness (QED) is 0.248. The van der Waals surface area contributed by atoms with E-state index < -0.39 is 0 Å². The highest BCUT2D eigenvalue weighted by molar-refractivity contribution is 7.26. The van der Waals surface area contributed by atoms with Crippen LogP contribution in [0.4, 0.5) is 0 Å². The molecule has 0 aliphatic rings. The van der Waals surface area contributed by atoms with Crippen molar-refractivity contribution in [3.63, 3.8) is 0 Å². The minimum absolute atomic E-state index is 1.03. The largest absolute Gasteiger partial charge is 0.309 e. The Bertz CT molecular complexity index is 2040. The zero-order chi connectivity index (χ0) is 21.5. The highest BCUT2D eigenvalue weighted by Crippen LogP contribution is 2.41. The number of benzene rings is 4. The number of fused-ring (bicyclic) bond motifs is 9. The predicted octanol–water partition coefficient (Wildman–Crippen LogP) is 8.31. The van der Waals surface area contributed by atoms with Crippen LogP contribution in [0.2, 0.25) is 0 Å². The summed E-state index contributed by atoms with van der Waals surface area (Å²) in [4.78, 5) is 8.82. The normalized spacial score (nSPS) is 12.2. The topological polar surface area (TPSA) is 30.7 Å². The summed E-state index contributed by atoms with van der Waals surface area (Å²) in [6, 6.07) is 28.9. The number of thiophene rings is 2. The molecular formula is C28H15N3S2. The molecule has 0 saturated carbocycles. The standard InChI is InChI=1S/C28H15N3S2/c1-3-7-22-17(5-1)19-13-26-21(28-27(33-26)14-29-15-30-28)12-23(19)31(22)16-9-10-25-20(11-16)18-6-2-4-8-24(18)32-25/h1-15H. The lowest BCUT2D eigenvalue weighted by atomic mass is 10.1. The number of nitrogens with zero attached hydrogens (tertiary/aromatic N) is 3. The molecule has 0 spiro atoms. The van der Waals surface area contributed by atoms with Gasteiger partial charge in [0.2, 0.25) is 0 Å². The van der Waals surface area contributed by atoms with E-state index in [9.17, 15) is 0 Å². The molecule has 8 aromatic rings. The van der Waals surface area contributed by atoms with E-state index in [0.29, 0.717) is 0 Å². The molecule has 4 heterocycles. The molecule has 0 amide bonds. The molecule has 0 bridgehead atoms. The monoisotopic (exact) mass is 457 g/mol. The number of hydrogen-bond donors (Lipinski definition) is 0. The molecular weight excluding hydrogens is 442 g/mol. The van der Waals surface area contributed by atoms with Crippen LogP contribution < -0.4 is 0 Å². The molecule has 0 aliphatic carbocycles. The molecule has 3 nitrogen and oxygen atoms in total. The van der Waals surface area contributed by atoms with Gasteiger partial charge in [-0.15, -0.1) is 22.7 Å². The zero-order valence-corrected chi connectivity index (χ0v) is 19.0. The Morgan fingerprint density at radius 1 is 0.576 bits per heavy atom. The Morgan fingerprint density at radius 3 is 2.36 bits per heavy atom. The summed E-state index contributed by atoms with van der Waals surface area (Å²) in [6.45, 7) is 0. The summed E-state index contributed by atoms with van der Waals surface area (Å²) < 4.78 is 7.43. The molecule has 4 aromatic carbocycles. The van der Waals surface area contributed by atoms with Gasteiger partial charge in [-0.1, -0.05) is 36.4 Å². The second-order valence-corrected chi connectivity index (χ2v) is 10.5. The smallest absolute Gasteiger partial charge is 0.116 e. The van der Waals surface area contributed by atoms with Crippen LogP contribution in [0.15, 0.2) is 91.4 Å². The minimum atomic E-state index is 1.03. The summed E-state index contributed by atoms with van der Waals surface area (Å²) in [5, 5.41) is 6.37. The summed E-state index contributed by atoms with van der Waals surface area (Å²) in [7, 11) is 0. The first-order chi connectivity index (χ1) is 16.3. The van der Waals surface area contributed by atoms with Crippen molar-refractivity contribution in [1.29, 1.82) is 0 Å². The summed E-state index contributed by atoms with van der Waals surface area (Å²) in [6.07, 6.45) is 3.56. The van der Waals surface area contributed by atoms with Crippen molar-refractivity contribution < 1.29 is 0 Å². The molecule has 4 aromatic heterocycles. The molecule has 0 N–H and O–H groups in total. The van der Waals surface area contributed by atoms with Crippen molar-refractivity contribution in [3.05, 3.63) is 91.4 Å². The molecule has 8 rings (SSSR count). The van der Waals surface area contributed by atoms with Crippen LogP contribution in [-0.4, -0.2) is 14.5 Å². The van der Waals surface area contributed by atoms with Gasteiger partial charge < -0.3 is 4.57 Å². The van der Waals surface area contributed by atoms with Gasteiger partial charge in [0.1, 0.15) is 6.33 Å². The van der Waals surface area contributed by atoms with Gasteiger partial charge in [0.25, 0.3) is 0 Å². The van der Waals surface area contributed by atoms with Crippen LogP contribution in [0, 0.1) is 0 Å².